The van der Waals surface area contributed by atoms with E-state index in [0.29, 0.717) is 11.3 Å². The first-order valence-electron chi connectivity index (χ1n) is 7.80. The van der Waals surface area contributed by atoms with Gasteiger partial charge < -0.3 is 5.32 Å². The smallest absolute Gasteiger partial charge is 0.255 e. The van der Waals surface area contributed by atoms with Gasteiger partial charge >= 0.3 is 0 Å². The molecule has 0 atom stereocenters. The van der Waals surface area contributed by atoms with Crippen LogP contribution in [0.5, 0.6) is 0 Å². The van der Waals surface area contributed by atoms with E-state index in [1.54, 1.807) is 6.07 Å². The van der Waals surface area contributed by atoms with Crippen molar-refractivity contribution in [1.29, 1.82) is 0 Å². The number of fused-ring (bicyclic) bond motifs is 1. The average Bonchev–Trinajstić information content (AvgIpc) is 2.61. The molecule has 0 unspecified atom stereocenters. The summed E-state index contributed by atoms with van der Waals surface area (Å²) in [5.41, 5.74) is 1.24. The Bertz CT molecular complexity index is 1090. The molecule has 1 N–H and O–H groups in total. The third-order valence-electron chi connectivity index (χ3n) is 4.08. The van der Waals surface area contributed by atoms with Gasteiger partial charge in [-0.15, -0.1) is 0 Å². The Balaban J connectivity index is 1.95. The molecular weight excluding hydrogens is 372 g/mol. The van der Waals surface area contributed by atoms with Crippen LogP contribution < -0.4 is 9.62 Å². The van der Waals surface area contributed by atoms with Crippen molar-refractivity contribution in [1.82, 2.24) is 0 Å². The highest BCUT2D eigenvalue weighted by molar-refractivity contribution is 7.92. The molecule has 0 bridgehead atoms. The van der Waals surface area contributed by atoms with Crippen LogP contribution in [0.15, 0.2) is 60.7 Å². The maximum Gasteiger partial charge on any atom is 0.255 e. The van der Waals surface area contributed by atoms with Gasteiger partial charge in [0.05, 0.1) is 17.0 Å². The number of nitrogens with one attached hydrogen (secondary N) is 1. The number of anilines is 2. The third-order valence-corrected chi connectivity index (χ3v) is 5.59. The predicted octanol–water partition coefficient (Wildman–Crippen LogP) is 4.14. The molecule has 1 amide bonds. The standard InChI is InChI=1S/C19H17ClN2O3S/c1-22(26(2,24)25)18-12-14(10-11-16(18)20)19(23)21-17-9-5-7-13-6-3-4-8-15(13)17/h3-12H,1-2H3,(H,21,23). The molecule has 5 nitrogen and oxygen atoms in total. The summed E-state index contributed by atoms with van der Waals surface area (Å²) in [5.74, 6) is -0.346. The molecule has 0 saturated heterocycles. The Labute approximate surface area is 157 Å². The van der Waals surface area contributed by atoms with Gasteiger partial charge in [0.2, 0.25) is 10.0 Å². The first-order valence-corrected chi connectivity index (χ1v) is 10.0. The number of nitrogens with zero attached hydrogens (tertiary/aromatic N) is 1. The number of benzene rings is 3. The van der Waals surface area contributed by atoms with Crippen LogP contribution in [0.4, 0.5) is 11.4 Å². The van der Waals surface area contributed by atoms with Crippen LogP contribution in [-0.4, -0.2) is 27.6 Å². The SMILES string of the molecule is CN(c1cc(C(=O)Nc2cccc3ccccc23)ccc1Cl)S(C)(=O)=O. The van der Waals surface area contributed by atoms with Gasteiger partial charge in [-0.05, 0) is 29.7 Å². The number of sulfonamides is 1. The third kappa shape index (κ3) is 3.66. The molecule has 0 aliphatic heterocycles. The van der Waals surface area contributed by atoms with Gasteiger partial charge in [-0.3, -0.25) is 9.10 Å². The molecule has 0 radical (unpaired) electrons. The zero-order valence-corrected chi connectivity index (χ0v) is 15.8. The summed E-state index contributed by atoms with van der Waals surface area (Å²) in [5, 5.41) is 5.06. The largest absolute Gasteiger partial charge is 0.321 e. The summed E-state index contributed by atoms with van der Waals surface area (Å²) in [6.45, 7) is 0. The van der Waals surface area contributed by atoms with Crippen LogP contribution in [0, 0.1) is 0 Å². The van der Waals surface area contributed by atoms with Gasteiger partial charge in [0.25, 0.3) is 5.91 Å². The van der Waals surface area contributed by atoms with E-state index in [1.807, 2.05) is 42.5 Å². The van der Waals surface area contributed by atoms with Crippen LogP contribution in [0.2, 0.25) is 5.02 Å². The second kappa shape index (κ2) is 6.97. The fourth-order valence-corrected chi connectivity index (χ4v) is 3.41. The molecule has 3 aromatic rings. The quantitative estimate of drug-likeness (QED) is 0.730. The highest BCUT2D eigenvalue weighted by Crippen LogP contribution is 2.29. The van der Waals surface area contributed by atoms with Gasteiger partial charge in [-0.25, -0.2) is 8.42 Å². The Hall–Kier alpha value is -2.57. The fourth-order valence-electron chi connectivity index (χ4n) is 2.60. The summed E-state index contributed by atoms with van der Waals surface area (Å²) < 4.78 is 24.6. The summed E-state index contributed by atoms with van der Waals surface area (Å²) in [4.78, 5) is 12.7. The van der Waals surface area contributed by atoms with Crippen LogP contribution in [0.3, 0.4) is 0 Å². The molecule has 0 aliphatic carbocycles. The minimum atomic E-state index is -3.49. The second-order valence-electron chi connectivity index (χ2n) is 5.88. The van der Waals surface area contributed by atoms with Crippen LogP contribution >= 0.6 is 11.6 Å². The van der Waals surface area contributed by atoms with Gasteiger partial charge in [0.1, 0.15) is 0 Å². The maximum absolute atomic E-state index is 12.7. The fraction of sp³-hybridized carbons (Fsp3) is 0.105. The van der Waals surface area contributed by atoms with Crippen LogP contribution in [0.1, 0.15) is 10.4 Å². The van der Waals surface area contributed by atoms with Crippen molar-refractivity contribution in [2.45, 2.75) is 0 Å². The first kappa shape index (κ1) is 18.2. The monoisotopic (exact) mass is 388 g/mol. The summed E-state index contributed by atoms with van der Waals surface area (Å²) in [6, 6.07) is 17.9. The molecular formula is C19H17ClN2O3S. The van der Waals surface area contributed by atoms with E-state index in [9.17, 15) is 13.2 Å². The molecule has 0 spiro atoms. The van der Waals surface area contributed by atoms with Gasteiger partial charge in [0, 0.05) is 23.7 Å². The Kier molecular flexibility index (Phi) is 4.89. The Morgan fingerprint density at radius 1 is 1.04 bits per heavy atom. The zero-order valence-electron chi connectivity index (χ0n) is 14.2. The lowest BCUT2D eigenvalue weighted by Gasteiger charge is -2.19. The van der Waals surface area contributed by atoms with Crippen molar-refractivity contribution < 1.29 is 13.2 Å². The predicted molar refractivity (Wildman–Crippen MR) is 107 cm³/mol. The lowest BCUT2D eigenvalue weighted by Crippen LogP contribution is -2.25. The molecule has 3 rings (SSSR count). The van der Waals surface area contributed by atoms with Crippen molar-refractivity contribution >= 4 is 49.7 Å². The van der Waals surface area contributed by atoms with Crippen molar-refractivity contribution in [3.8, 4) is 0 Å². The van der Waals surface area contributed by atoms with Gasteiger partial charge in [-0.1, -0.05) is 48.0 Å². The summed E-state index contributed by atoms with van der Waals surface area (Å²) in [6.07, 6.45) is 1.08. The van der Waals surface area contributed by atoms with Crippen molar-refractivity contribution in [2.75, 3.05) is 22.9 Å². The number of rotatable bonds is 4. The molecule has 7 heteroatoms. The Morgan fingerprint density at radius 2 is 1.73 bits per heavy atom. The molecule has 0 fully saturated rings. The molecule has 0 aliphatic rings. The molecule has 0 saturated carbocycles. The zero-order chi connectivity index (χ0) is 18.9. The minimum absolute atomic E-state index is 0.250. The number of carbonyl (C=O) groups is 1. The Morgan fingerprint density at radius 3 is 2.46 bits per heavy atom. The molecule has 0 aromatic heterocycles. The van der Waals surface area contributed by atoms with E-state index in [-0.39, 0.29) is 16.6 Å². The maximum atomic E-state index is 12.7. The van der Waals surface area contributed by atoms with E-state index >= 15 is 0 Å². The van der Waals surface area contributed by atoms with Crippen LogP contribution in [0.25, 0.3) is 10.8 Å². The second-order valence-corrected chi connectivity index (χ2v) is 8.30. The number of hydrogen-bond acceptors (Lipinski definition) is 3. The lowest BCUT2D eigenvalue weighted by molar-refractivity contribution is 0.102. The van der Waals surface area contributed by atoms with E-state index in [4.69, 9.17) is 11.6 Å². The van der Waals surface area contributed by atoms with Crippen molar-refractivity contribution in [3.05, 3.63) is 71.2 Å². The molecule has 0 heterocycles. The van der Waals surface area contributed by atoms with E-state index in [1.165, 1.54) is 19.2 Å². The highest BCUT2D eigenvalue weighted by atomic mass is 35.5. The number of carbonyl (C=O) groups excluding carboxylic acids is 1. The minimum Gasteiger partial charge on any atom is -0.321 e. The van der Waals surface area contributed by atoms with Crippen molar-refractivity contribution in [3.63, 3.8) is 0 Å². The first-order chi connectivity index (χ1) is 12.3. The summed E-state index contributed by atoms with van der Waals surface area (Å²) >= 11 is 6.10. The highest BCUT2D eigenvalue weighted by Gasteiger charge is 2.18. The molecule has 3 aromatic carbocycles. The van der Waals surface area contributed by atoms with E-state index in [2.05, 4.69) is 5.32 Å². The van der Waals surface area contributed by atoms with Gasteiger partial charge in [0.15, 0.2) is 0 Å². The number of halogens is 1. The van der Waals surface area contributed by atoms with E-state index < -0.39 is 10.0 Å². The van der Waals surface area contributed by atoms with Crippen molar-refractivity contribution in [2.24, 2.45) is 0 Å². The number of amides is 1. The summed E-state index contributed by atoms with van der Waals surface area (Å²) in [7, 11) is -2.10. The number of hydrogen-bond donors (Lipinski definition) is 1. The molecule has 134 valence electrons. The van der Waals surface area contributed by atoms with Gasteiger partial charge in [-0.2, -0.15) is 0 Å². The lowest BCUT2D eigenvalue weighted by atomic mass is 10.1. The van der Waals surface area contributed by atoms with Crippen LogP contribution in [-0.2, 0) is 10.0 Å². The average molecular weight is 389 g/mol. The topological polar surface area (TPSA) is 66.5 Å². The van der Waals surface area contributed by atoms with E-state index in [0.717, 1.165) is 21.3 Å². The normalized spacial score (nSPS) is 11.3. The molecule has 26 heavy (non-hydrogen) atoms.